The molecule has 0 N–H and O–H groups in total. The van der Waals surface area contributed by atoms with Gasteiger partial charge in [-0.15, -0.1) is 0 Å². The number of likely N-dealkylation sites (N-methyl/N-ethyl adjacent to an activating group) is 1. The van der Waals surface area contributed by atoms with E-state index in [2.05, 4.69) is 15.9 Å². The number of hydrogen-bond acceptors (Lipinski definition) is 2. The molecule has 92 valence electrons. The molecular weight excluding hydrogens is 287 g/mol. The van der Waals surface area contributed by atoms with Gasteiger partial charge in [-0.05, 0) is 12.1 Å². The molecular formula is C12H14BrFN2O. The third-order valence-electron chi connectivity index (χ3n) is 2.95. The molecule has 0 spiro atoms. The van der Waals surface area contributed by atoms with Crippen LogP contribution >= 0.6 is 15.9 Å². The van der Waals surface area contributed by atoms with E-state index in [1.54, 1.807) is 18.0 Å². The van der Waals surface area contributed by atoms with Crippen LogP contribution in [0, 0.1) is 5.82 Å². The van der Waals surface area contributed by atoms with Crippen molar-refractivity contribution in [3.63, 3.8) is 0 Å². The lowest BCUT2D eigenvalue weighted by atomic mass is 10.2. The number of hydrogen-bond donors (Lipinski definition) is 0. The summed E-state index contributed by atoms with van der Waals surface area (Å²) < 4.78 is 14.4. The molecule has 3 nitrogen and oxygen atoms in total. The molecule has 17 heavy (non-hydrogen) atoms. The van der Waals surface area contributed by atoms with Gasteiger partial charge in [0.25, 0.3) is 0 Å². The highest BCUT2D eigenvalue weighted by Gasteiger charge is 2.21. The van der Waals surface area contributed by atoms with Crippen LogP contribution in [0.1, 0.15) is 5.56 Å². The van der Waals surface area contributed by atoms with Crippen LogP contribution < -0.4 is 0 Å². The van der Waals surface area contributed by atoms with Gasteiger partial charge in [0.05, 0.1) is 6.54 Å². The van der Waals surface area contributed by atoms with Crippen LogP contribution in [0.4, 0.5) is 4.39 Å². The monoisotopic (exact) mass is 300 g/mol. The minimum atomic E-state index is -0.231. The van der Waals surface area contributed by atoms with Gasteiger partial charge in [0.15, 0.2) is 0 Å². The first-order valence-electron chi connectivity index (χ1n) is 5.46. The van der Waals surface area contributed by atoms with Gasteiger partial charge in [-0.1, -0.05) is 22.0 Å². The highest BCUT2D eigenvalue weighted by Crippen LogP contribution is 2.17. The van der Waals surface area contributed by atoms with E-state index in [1.165, 1.54) is 6.07 Å². The zero-order valence-electron chi connectivity index (χ0n) is 9.62. The number of carbonyl (C=O) groups is 1. The fourth-order valence-electron chi connectivity index (χ4n) is 1.83. The van der Waals surface area contributed by atoms with Gasteiger partial charge in [-0.25, -0.2) is 4.39 Å². The zero-order chi connectivity index (χ0) is 12.4. The van der Waals surface area contributed by atoms with Gasteiger partial charge in [0.2, 0.25) is 5.91 Å². The molecule has 0 saturated carbocycles. The lowest BCUT2D eigenvalue weighted by Crippen LogP contribution is -2.48. The van der Waals surface area contributed by atoms with E-state index in [0.717, 1.165) is 11.0 Å². The van der Waals surface area contributed by atoms with Crippen LogP contribution in [-0.4, -0.2) is 42.4 Å². The average molecular weight is 301 g/mol. The summed E-state index contributed by atoms with van der Waals surface area (Å²) in [7, 11) is 1.79. The molecule has 2 rings (SSSR count). The van der Waals surface area contributed by atoms with E-state index < -0.39 is 0 Å². The summed E-state index contributed by atoms with van der Waals surface area (Å²) in [6, 6.07) is 5.02. The van der Waals surface area contributed by atoms with E-state index in [9.17, 15) is 9.18 Å². The van der Waals surface area contributed by atoms with Crippen molar-refractivity contribution in [1.82, 2.24) is 9.80 Å². The van der Waals surface area contributed by atoms with E-state index in [4.69, 9.17) is 0 Å². The Kier molecular flexibility index (Phi) is 3.79. The van der Waals surface area contributed by atoms with Crippen molar-refractivity contribution in [2.45, 2.75) is 6.54 Å². The minimum Gasteiger partial charge on any atom is -0.343 e. The van der Waals surface area contributed by atoms with E-state index in [-0.39, 0.29) is 11.7 Å². The summed E-state index contributed by atoms with van der Waals surface area (Å²) >= 11 is 3.22. The Hall–Kier alpha value is -0.940. The molecule has 1 aromatic rings. The molecule has 1 amide bonds. The predicted octanol–water partition coefficient (Wildman–Crippen LogP) is 1.86. The topological polar surface area (TPSA) is 23.6 Å². The Bertz CT molecular complexity index is 439. The summed E-state index contributed by atoms with van der Waals surface area (Å²) in [4.78, 5) is 15.2. The van der Waals surface area contributed by atoms with E-state index in [1.807, 2.05) is 11.0 Å². The van der Waals surface area contributed by atoms with Crippen LogP contribution in [0.5, 0.6) is 0 Å². The summed E-state index contributed by atoms with van der Waals surface area (Å²) in [5.41, 5.74) is 0.630. The SMILES string of the molecule is CN1CCN(Cc2ccc(Br)cc2F)CC1=O. The van der Waals surface area contributed by atoms with Crippen LogP contribution in [0.15, 0.2) is 22.7 Å². The Morgan fingerprint density at radius 2 is 2.18 bits per heavy atom. The standard InChI is InChI=1S/C12H14BrFN2O/c1-15-4-5-16(8-12(15)17)7-9-2-3-10(13)6-11(9)14/h2-3,6H,4-5,7-8H2,1H3. The van der Waals surface area contributed by atoms with Crippen LogP contribution in [0.25, 0.3) is 0 Å². The van der Waals surface area contributed by atoms with Gasteiger partial charge in [0.1, 0.15) is 5.82 Å². The second-order valence-electron chi connectivity index (χ2n) is 4.26. The molecule has 1 fully saturated rings. The molecule has 0 unspecified atom stereocenters. The number of benzene rings is 1. The first-order valence-corrected chi connectivity index (χ1v) is 6.26. The normalized spacial score (nSPS) is 17.6. The van der Waals surface area contributed by atoms with Crippen LogP contribution in [0.3, 0.4) is 0 Å². The lowest BCUT2D eigenvalue weighted by Gasteiger charge is -2.31. The summed E-state index contributed by atoms with van der Waals surface area (Å²) in [6.45, 7) is 2.35. The third-order valence-corrected chi connectivity index (χ3v) is 3.44. The molecule has 5 heteroatoms. The highest BCUT2D eigenvalue weighted by atomic mass is 79.9. The largest absolute Gasteiger partial charge is 0.343 e. The highest BCUT2D eigenvalue weighted by molar-refractivity contribution is 9.10. The maximum atomic E-state index is 13.6. The second kappa shape index (κ2) is 5.14. The van der Waals surface area contributed by atoms with Crippen molar-refractivity contribution < 1.29 is 9.18 Å². The lowest BCUT2D eigenvalue weighted by molar-refractivity contribution is -0.134. The van der Waals surface area contributed by atoms with Crippen LogP contribution in [-0.2, 0) is 11.3 Å². The van der Waals surface area contributed by atoms with E-state index in [0.29, 0.717) is 25.2 Å². The smallest absolute Gasteiger partial charge is 0.236 e. The van der Waals surface area contributed by atoms with Crippen molar-refractivity contribution >= 4 is 21.8 Å². The zero-order valence-corrected chi connectivity index (χ0v) is 11.2. The molecule has 0 atom stereocenters. The number of nitrogens with zero attached hydrogens (tertiary/aromatic N) is 2. The maximum absolute atomic E-state index is 13.6. The number of carbonyl (C=O) groups excluding carboxylic acids is 1. The van der Waals surface area contributed by atoms with Crippen molar-refractivity contribution in [2.75, 3.05) is 26.7 Å². The Labute approximate surface area is 108 Å². The maximum Gasteiger partial charge on any atom is 0.236 e. The van der Waals surface area contributed by atoms with Gasteiger partial charge >= 0.3 is 0 Å². The van der Waals surface area contributed by atoms with Crippen molar-refractivity contribution in [1.29, 1.82) is 0 Å². The average Bonchev–Trinajstić information content (AvgIpc) is 2.27. The number of halogens is 2. The Morgan fingerprint density at radius 3 is 2.82 bits per heavy atom. The van der Waals surface area contributed by atoms with Crippen molar-refractivity contribution in [3.05, 3.63) is 34.1 Å². The minimum absolute atomic E-state index is 0.0915. The Balaban J connectivity index is 2.04. The van der Waals surface area contributed by atoms with Crippen molar-refractivity contribution in [3.8, 4) is 0 Å². The summed E-state index contributed by atoms with van der Waals surface area (Å²) in [6.07, 6.45) is 0. The predicted molar refractivity (Wildman–Crippen MR) is 67.0 cm³/mol. The number of piperazine rings is 1. The molecule has 0 bridgehead atoms. The fraction of sp³-hybridized carbons (Fsp3) is 0.417. The molecule has 1 aliphatic heterocycles. The first-order chi connectivity index (χ1) is 8.06. The second-order valence-corrected chi connectivity index (χ2v) is 5.18. The van der Waals surface area contributed by atoms with Gasteiger partial charge in [0, 0.05) is 36.7 Å². The first kappa shape index (κ1) is 12.5. The molecule has 1 aromatic carbocycles. The molecule has 1 saturated heterocycles. The van der Waals surface area contributed by atoms with Crippen LogP contribution in [0.2, 0.25) is 0 Å². The number of rotatable bonds is 2. The van der Waals surface area contributed by atoms with Gasteiger partial charge < -0.3 is 4.90 Å². The summed E-state index contributed by atoms with van der Waals surface area (Å²) in [5, 5.41) is 0. The molecule has 1 aliphatic rings. The van der Waals surface area contributed by atoms with E-state index >= 15 is 0 Å². The van der Waals surface area contributed by atoms with Gasteiger partial charge in [-0.3, -0.25) is 9.69 Å². The molecule has 1 heterocycles. The molecule has 0 aromatic heterocycles. The third kappa shape index (κ3) is 3.04. The molecule has 0 aliphatic carbocycles. The van der Waals surface area contributed by atoms with Gasteiger partial charge in [-0.2, -0.15) is 0 Å². The summed E-state index contributed by atoms with van der Waals surface area (Å²) in [5.74, 6) is -0.139. The fourth-order valence-corrected chi connectivity index (χ4v) is 2.17. The quantitative estimate of drug-likeness (QED) is 0.832. The number of amides is 1. The molecule has 0 radical (unpaired) electrons. The van der Waals surface area contributed by atoms with Crippen molar-refractivity contribution in [2.24, 2.45) is 0 Å². The Morgan fingerprint density at radius 1 is 1.41 bits per heavy atom.